The molecule has 3 aromatic heterocycles. The first-order chi connectivity index (χ1) is 15.8. The summed E-state index contributed by atoms with van der Waals surface area (Å²) in [5.74, 6) is 0.299. The molecule has 3 heterocycles. The standard InChI is InChI=1S/C23H20F3N5O2/c1-14-18(10-20(30-29-14)19-11-27-22(33-3)28-21(19)32-2)16-7-8-31(13-16)12-15-5-4-6-17(9-15)23(24,25)26/h4-11,13H,12H2,1-3H3. The normalized spacial score (nSPS) is 11.5. The minimum absolute atomic E-state index is 0.169. The van der Waals surface area contributed by atoms with E-state index < -0.39 is 11.7 Å². The largest absolute Gasteiger partial charge is 0.480 e. The smallest absolute Gasteiger partial charge is 0.416 e. The number of aromatic nitrogens is 5. The Bertz CT molecular complexity index is 1290. The zero-order valence-electron chi connectivity index (χ0n) is 18.1. The molecule has 4 aromatic rings. The fourth-order valence-corrected chi connectivity index (χ4v) is 3.41. The summed E-state index contributed by atoms with van der Waals surface area (Å²) in [4.78, 5) is 8.30. The zero-order valence-corrected chi connectivity index (χ0v) is 18.1. The van der Waals surface area contributed by atoms with E-state index in [2.05, 4.69) is 20.2 Å². The topological polar surface area (TPSA) is 75.0 Å². The van der Waals surface area contributed by atoms with Crippen molar-refractivity contribution in [3.05, 3.63) is 71.8 Å². The fourth-order valence-electron chi connectivity index (χ4n) is 3.41. The lowest BCUT2D eigenvalue weighted by Gasteiger charge is -2.10. The van der Waals surface area contributed by atoms with Gasteiger partial charge in [0.1, 0.15) is 5.69 Å². The van der Waals surface area contributed by atoms with Crippen LogP contribution in [0.3, 0.4) is 0 Å². The van der Waals surface area contributed by atoms with Gasteiger partial charge in [-0.1, -0.05) is 12.1 Å². The highest BCUT2D eigenvalue weighted by Crippen LogP contribution is 2.32. The van der Waals surface area contributed by atoms with Crippen LogP contribution in [0.5, 0.6) is 11.9 Å². The van der Waals surface area contributed by atoms with Crippen molar-refractivity contribution in [3.8, 4) is 34.3 Å². The zero-order chi connectivity index (χ0) is 23.6. The molecule has 0 fully saturated rings. The van der Waals surface area contributed by atoms with Crippen molar-refractivity contribution in [1.29, 1.82) is 0 Å². The van der Waals surface area contributed by atoms with E-state index in [9.17, 15) is 13.2 Å². The monoisotopic (exact) mass is 455 g/mol. The van der Waals surface area contributed by atoms with Gasteiger partial charge in [0.2, 0.25) is 5.88 Å². The maximum atomic E-state index is 13.0. The molecule has 0 radical (unpaired) electrons. The number of halogens is 3. The summed E-state index contributed by atoms with van der Waals surface area (Å²) in [7, 11) is 2.95. The number of methoxy groups -OCH3 is 2. The van der Waals surface area contributed by atoms with Crippen molar-refractivity contribution in [1.82, 2.24) is 24.7 Å². The maximum Gasteiger partial charge on any atom is 0.416 e. The average Bonchev–Trinajstić information content (AvgIpc) is 3.26. The van der Waals surface area contributed by atoms with E-state index in [1.165, 1.54) is 20.3 Å². The Morgan fingerprint density at radius 3 is 2.55 bits per heavy atom. The van der Waals surface area contributed by atoms with Crippen molar-refractivity contribution < 1.29 is 22.6 Å². The molecule has 0 aliphatic heterocycles. The number of hydrogen-bond acceptors (Lipinski definition) is 6. The second-order valence-corrected chi connectivity index (χ2v) is 7.28. The molecule has 0 spiro atoms. The van der Waals surface area contributed by atoms with Gasteiger partial charge >= 0.3 is 12.2 Å². The number of benzene rings is 1. The van der Waals surface area contributed by atoms with Crippen LogP contribution in [0.2, 0.25) is 0 Å². The minimum atomic E-state index is -4.37. The SMILES string of the molecule is COc1ncc(-c2cc(-c3ccn(Cc4cccc(C(F)(F)F)c4)c3)c(C)nn2)c(OC)n1. The molecule has 1 aromatic carbocycles. The van der Waals surface area contributed by atoms with E-state index in [1.807, 2.05) is 36.0 Å². The Hall–Kier alpha value is -3.95. The molecule has 0 bridgehead atoms. The Morgan fingerprint density at radius 1 is 1.00 bits per heavy atom. The number of hydrogen-bond donors (Lipinski definition) is 0. The molecule has 10 heteroatoms. The van der Waals surface area contributed by atoms with Gasteiger partial charge in [-0.25, -0.2) is 4.98 Å². The first-order valence-corrected chi connectivity index (χ1v) is 9.90. The summed E-state index contributed by atoms with van der Waals surface area (Å²) >= 11 is 0. The molecule has 0 saturated carbocycles. The molecule has 0 N–H and O–H groups in total. The van der Waals surface area contributed by atoms with E-state index >= 15 is 0 Å². The molecule has 0 unspecified atom stereocenters. The second kappa shape index (κ2) is 8.89. The molecule has 0 aliphatic carbocycles. The summed E-state index contributed by atoms with van der Waals surface area (Å²) in [6.45, 7) is 2.13. The third-order valence-corrected chi connectivity index (χ3v) is 5.04. The van der Waals surface area contributed by atoms with Crippen LogP contribution in [-0.2, 0) is 12.7 Å². The van der Waals surface area contributed by atoms with Gasteiger partial charge in [-0.2, -0.15) is 23.3 Å². The first-order valence-electron chi connectivity index (χ1n) is 9.90. The summed E-state index contributed by atoms with van der Waals surface area (Å²) in [5, 5.41) is 8.50. The van der Waals surface area contributed by atoms with Gasteiger partial charge in [0.25, 0.3) is 0 Å². The van der Waals surface area contributed by atoms with Crippen molar-refractivity contribution in [2.24, 2.45) is 0 Å². The lowest BCUT2D eigenvalue weighted by Crippen LogP contribution is -2.06. The molecule has 0 amide bonds. The lowest BCUT2D eigenvalue weighted by molar-refractivity contribution is -0.137. The summed E-state index contributed by atoms with van der Waals surface area (Å²) in [5.41, 5.74) is 3.32. The maximum absolute atomic E-state index is 13.0. The van der Waals surface area contributed by atoms with Gasteiger partial charge in [0.05, 0.1) is 31.0 Å². The van der Waals surface area contributed by atoms with E-state index in [1.54, 1.807) is 12.3 Å². The Labute approximate surface area is 187 Å². The van der Waals surface area contributed by atoms with Crippen LogP contribution in [-0.4, -0.2) is 39.0 Å². The number of rotatable bonds is 6. The molecule has 0 atom stereocenters. The predicted octanol–water partition coefficient (Wildman–Crippen LogP) is 4.79. The van der Waals surface area contributed by atoms with Gasteiger partial charge < -0.3 is 14.0 Å². The van der Waals surface area contributed by atoms with Crippen LogP contribution in [0.25, 0.3) is 22.4 Å². The average molecular weight is 455 g/mol. The van der Waals surface area contributed by atoms with E-state index in [-0.39, 0.29) is 6.01 Å². The highest BCUT2D eigenvalue weighted by molar-refractivity contribution is 5.73. The van der Waals surface area contributed by atoms with Crippen molar-refractivity contribution in [3.63, 3.8) is 0 Å². The van der Waals surface area contributed by atoms with Gasteiger partial charge in [-0.3, -0.25) is 0 Å². The van der Waals surface area contributed by atoms with Crippen molar-refractivity contribution in [2.75, 3.05) is 14.2 Å². The predicted molar refractivity (Wildman–Crippen MR) is 115 cm³/mol. The molecule has 7 nitrogen and oxygen atoms in total. The number of nitrogens with zero attached hydrogens (tertiary/aromatic N) is 5. The summed E-state index contributed by atoms with van der Waals surface area (Å²) < 4.78 is 51.2. The molecule has 33 heavy (non-hydrogen) atoms. The molecule has 0 aliphatic rings. The van der Waals surface area contributed by atoms with Crippen LogP contribution in [0.15, 0.2) is 55.0 Å². The summed E-state index contributed by atoms with van der Waals surface area (Å²) in [6.07, 6.45) is 0.842. The van der Waals surface area contributed by atoms with Gasteiger partial charge in [0.15, 0.2) is 0 Å². The summed E-state index contributed by atoms with van der Waals surface area (Å²) in [6, 6.07) is 9.20. The van der Waals surface area contributed by atoms with E-state index in [0.717, 1.165) is 23.3 Å². The van der Waals surface area contributed by atoms with Crippen molar-refractivity contribution >= 4 is 0 Å². The first kappa shape index (κ1) is 22.3. The Balaban J connectivity index is 1.64. The molecular formula is C23H20F3N5O2. The highest BCUT2D eigenvalue weighted by atomic mass is 19.4. The highest BCUT2D eigenvalue weighted by Gasteiger charge is 2.30. The van der Waals surface area contributed by atoms with Crippen LogP contribution < -0.4 is 9.47 Å². The quantitative estimate of drug-likeness (QED) is 0.416. The minimum Gasteiger partial charge on any atom is -0.480 e. The number of alkyl halides is 3. The number of aryl methyl sites for hydroxylation is 1. The van der Waals surface area contributed by atoms with Crippen LogP contribution in [0.4, 0.5) is 13.2 Å². The molecule has 170 valence electrons. The van der Waals surface area contributed by atoms with E-state index in [0.29, 0.717) is 34.9 Å². The lowest BCUT2D eigenvalue weighted by atomic mass is 10.1. The number of ether oxygens (including phenoxy) is 2. The molecule has 4 rings (SSSR count). The van der Waals surface area contributed by atoms with Crippen molar-refractivity contribution in [2.45, 2.75) is 19.6 Å². The van der Waals surface area contributed by atoms with Crippen LogP contribution in [0.1, 0.15) is 16.8 Å². The Morgan fingerprint density at radius 2 is 1.82 bits per heavy atom. The van der Waals surface area contributed by atoms with Gasteiger partial charge in [-0.05, 0) is 36.8 Å². The van der Waals surface area contributed by atoms with Crippen LogP contribution in [0, 0.1) is 6.92 Å². The second-order valence-electron chi connectivity index (χ2n) is 7.28. The third kappa shape index (κ3) is 4.79. The van der Waals surface area contributed by atoms with Gasteiger partial charge in [-0.15, -0.1) is 5.10 Å². The van der Waals surface area contributed by atoms with Gasteiger partial charge in [0, 0.05) is 36.3 Å². The fraction of sp³-hybridized carbons (Fsp3) is 0.217. The molecule has 0 saturated heterocycles. The van der Waals surface area contributed by atoms with E-state index in [4.69, 9.17) is 9.47 Å². The Kier molecular flexibility index (Phi) is 5.99. The third-order valence-electron chi connectivity index (χ3n) is 5.04. The van der Waals surface area contributed by atoms with Crippen LogP contribution >= 0.6 is 0 Å². The molecular weight excluding hydrogens is 435 g/mol.